The Morgan fingerprint density at radius 2 is 2.00 bits per heavy atom. The van der Waals surface area contributed by atoms with Crippen molar-refractivity contribution in [3.05, 3.63) is 33.9 Å². The zero-order valence-electron chi connectivity index (χ0n) is 10.5. The number of benzene rings is 1. The third kappa shape index (κ3) is 4.26. The number of sulfonamides is 1. The van der Waals surface area contributed by atoms with Gasteiger partial charge in [0, 0.05) is 16.5 Å². The summed E-state index contributed by atoms with van der Waals surface area (Å²) in [6.07, 6.45) is 0.443. The van der Waals surface area contributed by atoms with Gasteiger partial charge in [0.15, 0.2) is 0 Å². The summed E-state index contributed by atoms with van der Waals surface area (Å²) in [6, 6.07) is 3.73. The van der Waals surface area contributed by atoms with Crippen LogP contribution in [-0.4, -0.2) is 18.2 Å². The molecule has 0 saturated carbocycles. The van der Waals surface area contributed by atoms with E-state index in [-0.39, 0.29) is 15.4 Å². The topological polar surface area (TPSA) is 103 Å². The second-order valence-corrected chi connectivity index (χ2v) is 7.29. The number of rotatable bonds is 5. The lowest BCUT2D eigenvalue weighted by atomic mass is 10.0. The maximum atomic E-state index is 11.2. The molecule has 0 fully saturated rings. The molecule has 1 aromatic carbocycles. The summed E-state index contributed by atoms with van der Waals surface area (Å²) >= 11 is 3.45. The highest BCUT2D eigenvalue weighted by atomic mass is 79.9. The average molecular weight is 351 g/mol. The molecule has 19 heavy (non-hydrogen) atoms. The lowest BCUT2D eigenvalue weighted by Crippen LogP contribution is -2.14. The van der Waals surface area contributed by atoms with Crippen LogP contribution in [0.1, 0.15) is 19.4 Å². The second-order valence-electron chi connectivity index (χ2n) is 4.56. The predicted molar refractivity (Wildman–Crippen MR) is 75.7 cm³/mol. The number of hydrogen-bond acceptors (Lipinski definition) is 4. The van der Waals surface area contributed by atoms with Crippen LogP contribution >= 0.6 is 15.9 Å². The van der Waals surface area contributed by atoms with Gasteiger partial charge in [-0.1, -0.05) is 35.8 Å². The summed E-state index contributed by atoms with van der Waals surface area (Å²) in [7, 11) is -3.94. The van der Waals surface area contributed by atoms with E-state index in [4.69, 9.17) is 5.14 Å². The van der Waals surface area contributed by atoms with E-state index < -0.39 is 14.9 Å². The van der Waals surface area contributed by atoms with E-state index in [1.807, 2.05) is 13.8 Å². The van der Waals surface area contributed by atoms with E-state index >= 15 is 0 Å². The van der Waals surface area contributed by atoms with Crippen molar-refractivity contribution in [3.63, 3.8) is 0 Å². The van der Waals surface area contributed by atoms with Crippen molar-refractivity contribution in [2.24, 2.45) is 11.1 Å². The Bertz CT molecular complexity index is 586. The molecule has 1 atom stereocenters. The predicted octanol–water partition coefficient (Wildman–Crippen LogP) is 2.20. The fourth-order valence-corrected chi connectivity index (χ4v) is 2.39. The van der Waals surface area contributed by atoms with Gasteiger partial charge < -0.3 is 0 Å². The zero-order chi connectivity index (χ0) is 14.8. The highest BCUT2D eigenvalue weighted by molar-refractivity contribution is 9.09. The number of nitrogens with two attached hydrogens (primary N) is 1. The van der Waals surface area contributed by atoms with Crippen molar-refractivity contribution < 1.29 is 13.3 Å². The number of alkyl halides is 1. The molecule has 1 unspecified atom stereocenters. The third-order valence-corrected chi connectivity index (χ3v) is 5.01. The molecule has 2 N–H and O–H groups in total. The standard InChI is InChI=1S/C11H15BrN2O4S/c1-7(2)10(12)5-8-3-4-9(19(13,17)18)6-11(8)14(15)16/h3-4,6-7,10H,5H2,1-2H3,(H2,13,17,18). The number of nitrogens with zero attached hydrogens (tertiary/aromatic N) is 1. The van der Waals surface area contributed by atoms with Gasteiger partial charge in [-0.15, -0.1) is 0 Å². The summed E-state index contributed by atoms with van der Waals surface area (Å²) in [5.74, 6) is 0.303. The first-order chi connectivity index (χ1) is 8.62. The molecule has 106 valence electrons. The van der Waals surface area contributed by atoms with Gasteiger partial charge >= 0.3 is 0 Å². The smallest absolute Gasteiger partial charge is 0.258 e. The summed E-state index contributed by atoms with van der Waals surface area (Å²) in [4.78, 5) is 10.2. The van der Waals surface area contributed by atoms with Gasteiger partial charge in [0.25, 0.3) is 5.69 Å². The largest absolute Gasteiger partial charge is 0.273 e. The van der Waals surface area contributed by atoms with Gasteiger partial charge in [-0.3, -0.25) is 10.1 Å². The van der Waals surface area contributed by atoms with Gasteiger partial charge in [0.1, 0.15) is 0 Å². The molecule has 0 spiro atoms. The van der Waals surface area contributed by atoms with E-state index in [0.29, 0.717) is 17.9 Å². The molecular weight excluding hydrogens is 336 g/mol. The maximum Gasteiger partial charge on any atom is 0.273 e. The summed E-state index contributed by atoms with van der Waals surface area (Å²) in [5.41, 5.74) is 0.254. The van der Waals surface area contributed by atoms with Crippen LogP contribution in [0.2, 0.25) is 0 Å². The van der Waals surface area contributed by atoms with Gasteiger partial charge in [0.05, 0.1) is 9.82 Å². The van der Waals surface area contributed by atoms with Gasteiger partial charge in [0.2, 0.25) is 10.0 Å². The van der Waals surface area contributed by atoms with Crippen LogP contribution in [0.25, 0.3) is 0 Å². The quantitative estimate of drug-likeness (QED) is 0.499. The van der Waals surface area contributed by atoms with Crippen LogP contribution in [0.4, 0.5) is 5.69 Å². The van der Waals surface area contributed by atoms with Crippen molar-refractivity contribution in [1.82, 2.24) is 0 Å². The van der Waals surface area contributed by atoms with E-state index in [2.05, 4.69) is 15.9 Å². The zero-order valence-corrected chi connectivity index (χ0v) is 12.9. The molecular formula is C11H15BrN2O4S. The summed E-state index contributed by atoms with van der Waals surface area (Å²) in [6.45, 7) is 3.98. The number of hydrogen-bond donors (Lipinski definition) is 1. The lowest BCUT2D eigenvalue weighted by Gasteiger charge is -2.13. The average Bonchev–Trinajstić information content (AvgIpc) is 2.27. The van der Waals surface area contributed by atoms with E-state index in [0.717, 1.165) is 6.07 Å². The Balaban J connectivity index is 3.24. The minimum Gasteiger partial charge on any atom is -0.258 e. The fourth-order valence-electron chi connectivity index (χ4n) is 1.51. The third-order valence-electron chi connectivity index (χ3n) is 2.72. The van der Waals surface area contributed by atoms with Crippen LogP contribution in [-0.2, 0) is 16.4 Å². The van der Waals surface area contributed by atoms with Gasteiger partial charge in [-0.05, 0) is 18.4 Å². The van der Waals surface area contributed by atoms with E-state index in [1.54, 1.807) is 0 Å². The van der Waals surface area contributed by atoms with Crippen molar-refractivity contribution in [3.8, 4) is 0 Å². The highest BCUT2D eigenvalue weighted by Gasteiger charge is 2.21. The molecule has 8 heteroatoms. The molecule has 6 nitrogen and oxygen atoms in total. The van der Waals surface area contributed by atoms with Crippen molar-refractivity contribution in [1.29, 1.82) is 0 Å². The van der Waals surface area contributed by atoms with Gasteiger partial charge in [-0.2, -0.15) is 0 Å². The maximum absolute atomic E-state index is 11.2. The molecule has 0 aliphatic heterocycles. The fraction of sp³-hybridized carbons (Fsp3) is 0.455. The molecule has 0 bridgehead atoms. The number of nitro groups is 1. The SMILES string of the molecule is CC(C)C(Br)Cc1ccc(S(N)(=O)=O)cc1[N+](=O)[O-]. The Morgan fingerprint density at radius 3 is 2.42 bits per heavy atom. The van der Waals surface area contributed by atoms with E-state index in [9.17, 15) is 18.5 Å². The van der Waals surface area contributed by atoms with Crippen LogP contribution in [0, 0.1) is 16.0 Å². The molecule has 0 radical (unpaired) electrons. The van der Waals surface area contributed by atoms with E-state index in [1.165, 1.54) is 12.1 Å². The highest BCUT2D eigenvalue weighted by Crippen LogP contribution is 2.27. The molecule has 0 aliphatic rings. The van der Waals surface area contributed by atoms with Crippen LogP contribution < -0.4 is 5.14 Å². The van der Waals surface area contributed by atoms with Crippen molar-refractivity contribution >= 4 is 31.6 Å². The summed E-state index contributed by atoms with van der Waals surface area (Å²) in [5, 5.41) is 16.0. The molecule has 1 aromatic rings. The molecule has 0 saturated heterocycles. The minimum absolute atomic E-state index is 0.0755. The molecule has 0 amide bonds. The molecule has 0 heterocycles. The molecule has 0 aliphatic carbocycles. The van der Waals surface area contributed by atoms with Crippen molar-refractivity contribution in [2.75, 3.05) is 0 Å². The van der Waals surface area contributed by atoms with Crippen LogP contribution in [0.15, 0.2) is 23.1 Å². The number of halogens is 1. The molecule has 0 aromatic heterocycles. The second kappa shape index (κ2) is 5.98. The minimum atomic E-state index is -3.94. The van der Waals surface area contributed by atoms with Crippen LogP contribution in [0.3, 0.4) is 0 Å². The number of primary sulfonamides is 1. The first kappa shape index (κ1) is 16.1. The van der Waals surface area contributed by atoms with Crippen LogP contribution in [0.5, 0.6) is 0 Å². The van der Waals surface area contributed by atoms with Gasteiger partial charge in [-0.25, -0.2) is 13.6 Å². The Kier molecular flexibility index (Phi) is 5.05. The first-order valence-electron chi connectivity index (χ1n) is 5.57. The normalized spacial score (nSPS) is 13.5. The Labute approximate surface area is 120 Å². The number of nitro benzene ring substituents is 1. The van der Waals surface area contributed by atoms with Crippen molar-refractivity contribution in [2.45, 2.75) is 30.0 Å². The molecule has 1 rings (SSSR count). The Hall–Kier alpha value is -0.990. The Morgan fingerprint density at radius 1 is 1.42 bits per heavy atom. The lowest BCUT2D eigenvalue weighted by molar-refractivity contribution is -0.385. The monoisotopic (exact) mass is 350 g/mol. The first-order valence-corrected chi connectivity index (χ1v) is 8.03. The summed E-state index contributed by atoms with van der Waals surface area (Å²) < 4.78 is 22.4.